The van der Waals surface area contributed by atoms with E-state index in [-0.39, 0.29) is 0 Å². The Balaban J connectivity index is 2.89. The molecule has 1 heteroatoms. The van der Waals surface area contributed by atoms with Gasteiger partial charge in [-0.25, -0.2) is 0 Å². The molecule has 12 heavy (non-hydrogen) atoms. The molecule has 0 heterocycles. The molecule has 0 spiro atoms. The molecule has 1 nitrogen and oxygen atoms in total. The third kappa shape index (κ3) is 2.12. The van der Waals surface area contributed by atoms with Crippen molar-refractivity contribution in [2.75, 3.05) is 0 Å². The molecule has 0 aliphatic carbocycles. The summed E-state index contributed by atoms with van der Waals surface area (Å²) in [5, 5.41) is 9.37. The summed E-state index contributed by atoms with van der Waals surface area (Å²) in [6, 6.07) is 5.70. The summed E-state index contributed by atoms with van der Waals surface area (Å²) < 4.78 is 0. The van der Waals surface area contributed by atoms with Crippen LogP contribution in [0.2, 0.25) is 0 Å². The Morgan fingerprint density at radius 2 is 2.17 bits per heavy atom. The fraction of sp³-hybridized carbons (Fsp3) is 0.273. The van der Waals surface area contributed by atoms with E-state index in [2.05, 4.69) is 13.0 Å². The summed E-state index contributed by atoms with van der Waals surface area (Å²) in [6.45, 7) is 3.98. The smallest absolute Gasteiger partial charge is 0.119 e. The van der Waals surface area contributed by atoms with E-state index in [9.17, 15) is 5.11 Å². The highest BCUT2D eigenvalue weighted by atomic mass is 16.3. The highest BCUT2D eigenvalue weighted by Crippen LogP contribution is 2.18. The maximum atomic E-state index is 9.37. The third-order valence-corrected chi connectivity index (χ3v) is 1.78. The number of hydrogen-bond donors (Lipinski definition) is 1. The number of benzene rings is 1. The maximum Gasteiger partial charge on any atom is 0.119 e. The lowest BCUT2D eigenvalue weighted by Gasteiger charge is -1.98. The lowest BCUT2D eigenvalue weighted by atomic mass is 10.1. The van der Waals surface area contributed by atoms with Crippen LogP contribution in [0.1, 0.15) is 24.5 Å². The molecule has 0 aliphatic rings. The molecule has 0 radical (unpaired) electrons. The van der Waals surface area contributed by atoms with Crippen molar-refractivity contribution in [2.45, 2.75) is 20.3 Å². The van der Waals surface area contributed by atoms with Crippen LogP contribution in [-0.4, -0.2) is 5.11 Å². The molecular formula is C11H14O. The molecule has 0 fully saturated rings. The Morgan fingerprint density at radius 1 is 1.42 bits per heavy atom. The minimum atomic E-state index is 0.369. The monoisotopic (exact) mass is 162 g/mol. The Hall–Kier alpha value is -1.24. The van der Waals surface area contributed by atoms with Gasteiger partial charge in [0.25, 0.3) is 0 Å². The number of phenols is 1. The normalized spacial score (nSPS) is 10.8. The molecule has 1 N–H and O–H groups in total. The van der Waals surface area contributed by atoms with Gasteiger partial charge in [-0.2, -0.15) is 0 Å². The second kappa shape index (κ2) is 3.96. The fourth-order valence-electron chi connectivity index (χ4n) is 0.984. The number of aromatic hydroxyl groups is 1. The van der Waals surface area contributed by atoms with E-state index < -0.39 is 0 Å². The van der Waals surface area contributed by atoms with Crippen molar-refractivity contribution < 1.29 is 5.11 Å². The number of rotatable bonds is 2. The first kappa shape index (κ1) is 8.85. The van der Waals surface area contributed by atoms with E-state index in [1.807, 2.05) is 25.1 Å². The van der Waals surface area contributed by atoms with E-state index >= 15 is 0 Å². The number of hydrogen-bond acceptors (Lipinski definition) is 1. The summed E-state index contributed by atoms with van der Waals surface area (Å²) in [5.41, 5.74) is 1.98. The van der Waals surface area contributed by atoms with Gasteiger partial charge in [0, 0.05) is 0 Å². The van der Waals surface area contributed by atoms with Gasteiger partial charge in [-0.3, -0.25) is 0 Å². The van der Waals surface area contributed by atoms with Crippen molar-refractivity contribution in [3.05, 3.63) is 35.4 Å². The number of phenolic OH excluding ortho intramolecular Hbond substituents is 1. The van der Waals surface area contributed by atoms with Gasteiger partial charge in [-0.15, -0.1) is 0 Å². The summed E-state index contributed by atoms with van der Waals surface area (Å²) in [7, 11) is 0. The van der Waals surface area contributed by atoms with Crippen LogP contribution in [-0.2, 0) is 0 Å². The van der Waals surface area contributed by atoms with Crippen molar-refractivity contribution in [3.63, 3.8) is 0 Å². The van der Waals surface area contributed by atoms with E-state index in [0.717, 1.165) is 17.5 Å². The van der Waals surface area contributed by atoms with Gasteiger partial charge in [0.05, 0.1) is 0 Å². The zero-order valence-electron chi connectivity index (χ0n) is 7.54. The van der Waals surface area contributed by atoms with Gasteiger partial charge in [-0.1, -0.05) is 31.2 Å². The van der Waals surface area contributed by atoms with Gasteiger partial charge >= 0.3 is 0 Å². The predicted molar refractivity (Wildman–Crippen MR) is 52.2 cm³/mol. The van der Waals surface area contributed by atoms with E-state index in [4.69, 9.17) is 0 Å². The average molecular weight is 162 g/mol. The van der Waals surface area contributed by atoms with Crippen molar-refractivity contribution in [3.8, 4) is 5.75 Å². The molecule has 0 amide bonds. The van der Waals surface area contributed by atoms with E-state index in [1.54, 1.807) is 6.07 Å². The first-order chi connectivity index (χ1) is 5.74. The molecule has 0 unspecified atom stereocenters. The Bertz CT molecular complexity index is 287. The van der Waals surface area contributed by atoms with Crippen molar-refractivity contribution in [1.82, 2.24) is 0 Å². The minimum absolute atomic E-state index is 0.369. The zero-order chi connectivity index (χ0) is 8.97. The molecule has 0 aliphatic heterocycles. The summed E-state index contributed by atoms with van der Waals surface area (Å²) in [6.07, 6.45) is 5.11. The molecule has 0 saturated carbocycles. The molecule has 1 rings (SSSR count). The van der Waals surface area contributed by atoms with Crippen LogP contribution in [0.5, 0.6) is 5.75 Å². The van der Waals surface area contributed by atoms with Crippen LogP contribution in [0.4, 0.5) is 0 Å². The lowest BCUT2D eigenvalue weighted by Crippen LogP contribution is -1.76. The molecular weight excluding hydrogens is 148 g/mol. The molecule has 1 aromatic rings. The van der Waals surface area contributed by atoms with Gasteiger partial charge in [0.15, 0.2) is 0 Å². The number of allylic oxidation sites excluding steroid dienone is 1. The zero-order valence-corrected chi connectivity index (χ0v) is 7.54. The number of aryl methyl sites for hydroxylation is 1. The van der Waals surface area contributed by atoms with Gasteiger partial charge in [-0.05, 0) is 30.5 Å². The maximum absolute atomic E-state index is 9.37. The topological polar surface area (TPSA) is 20.2 Å². The summed E-state index contributed by atoms with van der Waals surface area (Å²) in [5.74, 6) is 0.369. The first-order valence-corrected chi connectivity index (χ1v) is 4.20. The average Bonchev–Trinajstić information content (AvgIpc) is 2.07. The van der Waals surface area contributed by atoms with Crippen molar-refractivity contribution in [1.29, 1.82) is 0 Å². The van der Waals surface area contributed by atoms with Crippen LogP contribution >= 0.6 is 0 Å². The molecule has 0 saturated heterocycles. The van der Waals surface area contributed by atoms with Crippen molar-refractivity contribution in [2.24, 2.45) is 0 Å². The first-order valence-electron chi connectivity index (χ1n) is 4.20. The van der Waals surface area contributed by atoms with Gasteiger partial charge < -0.3 is 5.11 Å². The Labute approximate surface area is 73.4 Å². The quantitative estimate of drug-likeness (QED) is 0.708. The molecule has 0 atom stereocenters. The second-order valence-corrected chi connectivity index (χ2v) is 2.86. The van der Waals surface area contributed by atoms with Crippen LogP contribution in [0.15, 0.2) is 24.3 Å². The highest BCUT2D eigenvalue weighted by molar-refractivity contribution is 5.53. The second-order valence-electron chi connectivity index (χ2n) is 2.86. The minimum Gasteiger partial charge on any atom is -0.508 e. The van der Waals surface area contributed by atoms with Crippen LogP contribution in [0, 0.1) is 6.92 Å². The standard InChI is InChI=1S/C11H14O/c1-3-4-5-10-7-6-9(2)11(12)8-10/h4-8,12H,3H2,1-2H3/b5-4+. The van der Waals surface area contributed by atoms with E-state index in [0.29, 0.717) is 5.75 Å². The molecule has 1 aromatic carbocycles. The predicted octanol–water partition coefficient (Wildman–Crippen LogP) is 3.12. The molecule has 0 bridgehead atoms. The van der Waals surface area contributed by atoms with E-state index in [1.165, 1.54) is 0 Å². The van der Waals surface area contributed by atoms with Gasteiger partial charge in [0.2, 0.25) is 0 Å². The molecule has 64 valence electrons. The lowest BCUT2D eigenvalue weighted by molar-refractivity contribution is 0.471. The highest BCUT2D eigenvalue weighted by Gasteiger charge is 1.94. The van der Waals surface area contributed by atoms with Crippen molar-refractivity contribution >= 4 is 6.08 Å². The largest absolute Gasteiger partial charge is 0.508 e. The van der Waals surface area contributed by atoms with Crippen LogP contribution in [0.25, 0.3) is 6.08 Å². The molecule has 0 aromatic heterocycles. The summed E-state index contributed by atoms with van der Waals surface area (Å²) in [4.78, 5) is 0. The van der Waals surface area contributed by atoms with Gasteiger partial charge in [0.1, 0.15) is 5.75 Å². The fourth-order valence-corrected chi connectivity index (χ4v) is 0.984. The third-order valence-electron chi connectivity index (χ3n) is 1.78. The van der Waals surface area contributed by atoms with Crippen LogP contribution in [0.3, 0.4) is 0 Å². The Kier molecular flexibility index (Phi) is 2.92. The Morgan fingerprint density at radius 3 is 2.75 bits per heavy atom. The summed E-state index contributed by atoms with van der Waals surface area (Å²) >= 11 is 0. The van der Waals surface area contributed by atoms with Crippen LogP contribution < -0.4 is 0 Å². The SMILES string of the molecule is CC/C=C/c1ccc(C)c(O)c1.